The third kappa shape index (κ3) is 3.20. The summed E-state index contributed by atoms with van der Waals surface area (Å²) in [6.45, 7) is 3.24. The Morgan fingerprint density at radius 2 is 1.77 bits per heavy atom. The molecule has 1 aromatic carbocycles. The second-order valence-electron chi connectivity index (χ2n) is 6.43. The molecule has 1 fully saturated rings. The molecule has 0 aliphatic carbocycles. The van der Waals surface area contributed by atoms with Crippen LogP contribution in [0.1, 0.15) is 11.5 Å². The van der Waals surface area contributed by atoms with Crippen molar-refractivity contribution in [1.82, 2.24) is 9.88 Å². The van der Waals surface area contributed by atoms with Crippen molar-refractivity contribution in [3.63, 3.8) is 0 Å². The largest absolute Gasteiger partial charge is 0.384 e. The molecule has 1 aromatic heterocycles. The molecule has 3 heterocycles. The Morgan fingerprint density at radius 1 is 1.08 bits per heavy atom. The third-order valence-corrected chi connectivity index (χ3v) is 5.71. The average molecular weight is 412 g/mol. The summed E-state index contributed by atoms with van der Waals surface area (Å²) in [5.41, 5.74) is 2.75. The van der Waals surface area contributed by atoms with Gasteiger partial charge in [0.05, 0.1) is 21.7 Å². The lowest BCUT2D eigenvalue weighted by molar-refractivity contribution is -0.132. The number of benzene rings is 1. The Balaban J connectivity index is 1.45. The zero-order chi connectivity index (χ0) is 18.3. The zero-order valence-electron chi connectivity index (χ0n) is 13.9. The normalized spacial score (nSPS) is 19.3. The number of piperazine rings is 1. The standard InChI is InChI=1S/C18H17Cl3N4O/c19-11-1-2-12-13(8-23-16(12)7-11)18(26)25-5-3-24(4-6-25)17-14(20)9-22-10-15(17)21/h1-2,7,9-10,13,23H,3-6,8H2. The van der Waals surface area contributed by atoms with Crippen LogP contribution in [0.4, 0.5) is 11.4 Å². The third-order valence-electron chi connectivity index (χ3n) is 4.92. The Labute approximate surface area is 166 Å². The maximum Gasteiger partial charge on any atom is 0.232 e. The molecule has 0 radical (unpaired) electrons. The average Bonchev–Trinajstić information content (AvgIpc) is 3.04. The predicted octanol–water partition coefficient (Wildman–Crippen LogP) is 3.90. The molecule has 2 aromatic rings. The summed E-state index contributed by atoms with van der Waals surface area (Å²) >= 11 is 18.5. The molecular weight excluding hydrogens is 395 g/mol. The molecule has 8 heteroatoms. The van der Waals surface area contributed by atoms with E-state index in [2.05, 4.69) is 15.2 Å². The molecule has 1 N–H and O–H groups in total. The number of hydrogen-bond acceptors (Lipinski definition) is 4. The first-order chi connectivity index (χ1) is 12.5. The molecule has 0 saturated carbocycles. The molecule has 1 amide bonds. The lowest BCUT2D eigenvalue weighted by Gasteiger charge is -2.37. The molecular formula is C18H17Cl3N4O. The van der Waals surface area contributed by atoms with Gasteiger partial charge in [0, 0.05) is 55.8 Å². The van der Waals surface area contributed by atoms with Crippen molar-refractivity contribution in [2.75, 3.05) is 42.9 Å². The fourth-order valence-electron chi connectivity index (χ4n) is 3.61. The predicted molar refractivity (Wildman–Crippen MR) is 106 cm³/mol. The highest BCUT2D eigenvalue weighted by Crippen LogP contribution is 2.36. The summed E-state index contributed by atoms with van der Waals surface area (Å²) in [4.78, 5) is 21.0. The molecule has 2 aliphatic rings. The van der Waals surface area contributed by atoms with Gasteiger partial charge in [-0.2, -0.15) is 0 Å². The van der Waals surface area contributed by atoms with E-state index in [4.69, 9.17) is 34.8 Å². The SMILES string of the molecule is O=C(C1CNc2cc(Cl)ccc21)N1CCN(c2c(Cl)cncc2Cl)CC1. The van der Waals surface area contributed by atoms with E-state index < -0.39 is 0 Å². The number of anilines is 2. The molecule has 1 saturated heterocycles. The second kappa shape index (κ2) is 7.14. The number of fused-ring (bicyclic) bond motifs is 1. The number of hydrogen-bond donors (Lipinski definition) is 1. The Kier molecular flexibility index (Phi) is 4.86. The van der Waals surface area contributed by atoms with Crippen LogP contribution in [0.25, 0.3) is 0 Å². The van der Waals surface area contributed by atoms with Gasteiger partial charge in [-0.05, 0) is 17.7 Å². The number of nitrogens with one attached hydrogen (secondary N) is 1. The van der Waals surface area contributed by atoms with E-state index in [1.54, 1.807) is 12.4 Å². The molecule has 4 rings (SSSR count). The van der Waals surface area contributed by atoms with Crippen LogP contribution >= 0.6 is 34.8 Å². The molecule has 1 atom stereocenters. The maximum atomic E-state index is 13.0. The van der Waals surface area contributed by atoms with E-state index in [1.165, 1.54) is 0 Å². The highest BCUT2D eigenvalue weighted by molar-refractivity contribution is 6.38. The van der Waals surface area contributed by atoms with Gasteiger partial charge in [-0.3, -0.25) is 9.78 Å². The van der Waals surface area contributed by atoms with Gasteiger partial charge in [-0.15, -0.1) is 0 Å². The zero-order valence-corrected chi connectivity index (χ0v) is 16.2. The van der Waals surface area contributed by atoms with Crippen LogP contribution in [0.2, 0.25) is 15.1 Å². The lowest BCUT2D eigenvalue weighted by Crippen LogP contribution is -2.50. The smallest absolute Gasteiger partial charge is 0.232 e. The minimum atomic E-state index is -0.165. The summed E-state index contributed by atoms with van der Waals surface area (Å²) < 4.78 is 0. The molecule has 2 aliphatic heterocycles. The number of halogens is 3. The van der Waals surface area contributed by atoms with Crippen molar-refractivity contribution in [3.05, 3.63) is 51.2 Å². The summed E-state index contributed by atoms with van der Waals surface area (Å²) in [7, 11) is 0. The van der Waals surface area contributed by atoms with Crippen LogP contribution in [0, 0.1) is 0 Å². The second-order valence-corrected chi connectivity index (χ2v) is 7.68. The Bertz CT molecular complexity index is 832. The fraction of sp³-hybridized carbons (Fsp3) is 0.333. The van der Waals surface area contributed by atoms with E-state index in [0.717, 1.165) is 16.9 Å². The molecule has 136 valence electrons. The van der Waals surface area contributed by atoms with E-state index in [1.807, 2.05) is 23.1 Å². The monoisotopic (exact) mass is 410 g/mol. The minimum Gasteiger partial charge on any atom is -0.384 e. The van der Waals surface area contributed by atoms with Gasteiger partial charge in [0.25, 0.3) is 0 Å². The van der Waals surface area contributed by atoms with Crippen molar-refractivity contribution in [2.45, 2.75) is 5.92 Å². The first-order valence-electron chi connectivity index (χ1n) is 8.40. The van der Waals surface area contributed by atoms with Crippen LogP contribution in [0.5, 0.6) is 0 Å². The maximum absolute atomic E-state index is 13.0. The number of carbonyl (C=O) groups is 1. The van der Waals surface area contributed by atoms with Gasteiger partial charge in [-0.25, -0.2) is 0 Å². The lowest BCUT2D eigenvalue weighted by atomic mass is 9.99. The quantitative estimate of drug-likeness (QED) is 0.814. The Hall–Kier alpha value is -1.69. The highest BCUT2D eigenvalue weighted by atomic mass is 35.5. The molecule has 0 spiro atoms. The van der Waals surface area contributed by atoms with Gasteiger partial charge < -0.3 is 15.1 Å². The number of carbonyl (C=O) groups excluding carboxylic acids is 1. The summed E-state index contributed by atoms with van der Waals surface area (Å²) in [5.74, 6) is -0.0212. The Morgan fingerprint density at radius 3 is 2.46 bits per heavy atom. The molecule has 26 heavy (non-hydrogen) atoms. The molecule has 0 bridgehead atoms. The van der Waals surface area contributed by atoms with E-state index in [0.29, 0.717) is 47.8 Å². The van der Waals surface area contributed by atoms with Crippen LogP contribution in [-0.4, -0.2) is 48.5 Å². The first kappa shape index (κ1) is 17.7. The number of pyridine rings is 1. The van der Waals surface area contributed by atoms with Crippen molar-refractivity contribution in [2.24, 2.45) is 0 Å². The number of amides is 1. The summed E-state index contributed by atoms with van der Waals surface area (Å²) in [5, 5.41) is 5.01. The van der Waals surface area contributed by atoms with Crippen LogP contribution in [0.3, 0.4) is 0 Å². The van der Waals surface area contributed by atoms with Gasteiger partial charge in [0.1, 0.15) is 0 Å². The van der Waals surface area contributed by atoms with E-state index in [9.17, 15) is 4.79 Å². The van der Waals surface area contributed by atoms with Gasteiger partial charge in [-0.1, -0.05) is 40.9 Å². The number of nitrogens with zero attached hydrogens (tertiary/aromatic N) is 3. The summed E-state index contributed by atoms with van der Waals surface area (Å²) in [6, 6.07) is 5.64. The fourth-order valence-corrected chi connectivity index (χ4v) is 4.38. The topological polar surface area (TPSA) is 48.5 Å². The first-order valence-corrected chi connectivity index (χ1v) is 9.54. The van der Waals surface area contributed by atoms with Gasteiger partial charge >= 0.3 is 0 Å². The van der Waals surface area contributed by atoms with Gasteiger partial charge in [0.15, 0.2) is 0 Å². The van der Waals surface area contributed by atoms with E-state index >= 15 is 0 Å². The van der Waals surface area contributed by atoms with E-state index in [-0.39, 0.29) is 11.8 Å². The van der Waals surface area contributed by atoms with Crippen LogP contribution < -0.4 is 10.2 Å². The van der Waals surface area contributed by atoms with Gasteiger partial charge in [0.2, 0.25) is 5.91 Å². The molecule has 1 unspecified atom stereocenters. The molecule has 5 nitrogen and oxygen atoms in total. The van der Waals surface area contributed by atoms with Crippen molar-refractivity contribution in [1.29, 1.82) is 0 Å². The highest BCUT2D eigenvalue weighted by Gasteiger charge is 2.33. The van der Waals surface area contributed by atoms with Crippen molar-refractivity contribution < 1.29 is 4.79 Å². The van der Waals surface area contributed by atoms with Crippen molar-refractivity contribution >= 4 is 52.1 Å². The number of aromatic nitrogens is 1. The summed E-state index contributed by atoms with van der Waals surface area (Å²) in [6.07, 6.45) is 3.18. The minimum absolute atomic E-state index is 0.144. The van der Waals surface area contributed by atoms with Crippen LogP contribution in [0.15, 0.2) is 30.6 Å². The number of rotatable bonds is 2. The van der Waals surface area contributed by atoms with Crippen molar-refractivity contribution in [3.8, 4) is 0 Å². The van der Waals surface area contributed by atoms with Crippen LogP contribution in [-0.2, 0) is 4.79 Å².